The molecule has 0 aliphatic carbocycles. The van der Waals surface area contributed by atoms with Crippen LogP contribution in [0.15, 0.2) is 28.8 Å². The highest BCUT2D eigenvalue weighted by atomic mass is 16.5. The van der Waals surface area contributed by atoms with E-state index in [0.717, 1.165) is 35.9 Å². The molecule has 2 rings (SSSR count). The third-order valence-electron chi connectivity index (χ3n) is 3.20. The summed E-state index contributed by atoms with van der Waals surface area (Å²) in [4.78, 5) is 0. The minimum absolute atomic E-state index is 0.406. The maximum Gasteiger partial charge on any atom is 0.174 e. The zero-order valence-electron chi connectivity index (χ0n) is 13.3. The van der Waals surface area contributed by atoms with Gasteiger partial charge in [-0.25, -0.2) is 0 Å². The van der Waals surface area contributed by atoms with Crippen molar-refractivity contribution in [3.63, 3.8) is 0 Å². The van der Waals surface area contributed by atoms with Crippen molar-refractivity contribution in [3.05, 3.63) is 46.8 Å². The largest absolute Gasteiger partial charge is 0.485 e. The minimum atomic E-state index is 0.406. The zero-order chi connectivity index (χ0) is 15.2. The Morgan fingerprint density at radius 3 is 2.76 bits per heavy atom. The molecule has 1 aromatic heterocycles. The van der Waals surface area contributed by atoms with Crippen molar-refractivity contribution in [3.8, 4) is 5.75 Å². The first-order valence-electron chi connectivity index (χ1n) is 7.40. The van der Waals surface area contributed by atoms with E-state index in [4.69, 9.17) is 9.26 Å². The van der Waals surface area contributed by atoms with Crippen LogP contribution in [0, 0.1) is 19.8 Å². The fraction of sp³-hybridized carbons (Fsp3) is 0.471. The Morgan fingerprint density at radius 2 is 2.10 bits per heavy atom. The summed E-state index contributed by atoms with van der Waals surface area (Å²) in [5.74, 6) is 2.32. The summed E-state index contributed by atoms with van der Waals surface area (Å²) in [7, 11) is 0. The lowest BCUT2D eigenvalue weighted by molar-refractivity contribution is 0.245. The molecule has 0 unspecified atom stereocenters. The van der Waals surface area contributed by atoms with E-state index in [9.17, 15) is 0 Å². The van der Waals surface area contributed by atoms with E-state index < -0.39 is 0 Å². The molecule has 0 radical (unpaired) electrons. The first-order valence-corrected chi connectivity index (χ1v) is 7.40. The number of ether oxygens (including phenoxy) is 1. The minimum Gasteiger partial charge on any atom is -0.485 e. The van der Waals surface area contributed by atoms with Crippen molar-refractivity contribution >= 4 is 0 Å². The molecule has 0 amide bonds. The highest BCUT2D eigenvalue weighted by Crippen LogP contribution is 2.24. The molecular formula is C17H24N2O2. The van der Waals surface area contributed by atoms with Crippen LogP contribution in [-0.4, -0.2) is 11.7 Å². The van der Waals surface area contributed by atoms with E-state index in [1.54, 1.807) is 0 Å². The molecule has 0 saturated heterocycles. The lowest BCUT2D eigenvalue weighted by Gasteiger charge is -2.14. The fourth-order valence-electron chi connectivity index (χ4n) is 2.18. The van der Waals surface area contributed by atoms with E-state index in [-0.39, 0.29) is 0 Å². The van der Waals surface area contributed by atoms with Gasteiger partial charge in [0.15, 0.2) is 5.76 Å². The molecule has 4 nitrogen and oxygen atoms in total. The molecule has 114 valence electrons. The van der Waals surface area contributed by atoms with Crippen molar-refractivity contribution < 1.29 is 9.26 Å². The maximum absolute atomic E-state index is 5.95. The summed E-state index contributed by atoms with van der Waals surface area (Å²) in [5, 5.41) is 7.33. The van der Waals surface area contributed by atoms with Gasteiger partial charge in [0.25, 0.3) is 0 Å². The molecule has 0 spiro atoms. The highest BCUT2D eigenvalue weighted by Gasteiger charge is 2.09. The van der Waals surface area contributed by atoms with Crippen molar-refractivity contribution in [2.24, 2.45) is 5.92 Å². The number of para-hydroxylation sites is 1. The number of aromatic nitrogens is 1. The number of benzene rings is 1. The molecule has 1 N–H and O–H groups in total. The predicted molar refractivity (Wildman–Crippen MR) is 83.3 cm³/mol. The van der Waals surface area contributed by atoms with Crippen molar-refractivity contribution in [2.75, 3.05) is 6.54 Å². The zero-order valence-corrected chi connectivity index (χ0v) is 13.3. The van der Waals surface area contributed by atoms with E-state index in [0.29, 0.717) is 12.5 Å². The predicted octanol–water partition coefficient (Wildman–Crippen LogP) is 3.62. The Balaban J connectivity index is 2.02. The normalized spacial score (nSPS) is 11.1. The van der Waals surface area contributed by atoms with Gasteiger partial charge in [-0.3, -0.25) is 0 Å². The van der Waals surface area contributed by atoms with Gasteiger partial charge in [0, 0.05) is 18.2 Å². The Kier molecular flexibility index (Phi) is 5.39. The molecule has 1 heterocycles. The molecule has 1 aromatic carbocycles. The summed E-state index contributed by atoms with van der Waals surface area (Å²) in [5.41, 5.74) is 3.18. The van der Waals surface area contributed by atoms with Crippen LogP contribution in [0.3, 0.4) is 0 Å². The second kappa shape index (κ2) is 7.27. The van der Waals surface area contributed by atoms with E-state index in [1.807, 2.05) is 13.0 Å². The van der Waals surface area contributed by atoms with E-state index in [1.165, 1.54) is 5.56 Å². The van der Waals surface area contributed by atoms with Crippen LogP contribution >= 0.6 is 0 Å². The number of hydrogen-bond acceptors (Lipinski definition) is 4. The summed E-state index contributed by atoms with van der Waals surface area (Å²) in [6.07, 6.45) is 0. The molecule has 0 aliphatic rings. The second-order valence-electron chi connectivity index (χ2n) is 5.81. The third kappa shape index (κ3) is 4.60. The lowest BCUT2D eigenvalue weighted by atomic mass is 10.1. The molecule has 0 atom stereocenters. The van der Waals surface area contributed by atoms with Gasteiger partial charge in [-0.1, -0.05) is 37.2 Å². The van der Waals surface area contributed by atoms with Crippen LogP contribution in [0.25, 0.3) is 0 Å². The lowest BCUT2D eigenvalue weighted by Crippen LogP contribution is -2.19. The molecule has 0 saturated carbocycles. The Labute approximate surface area is 126 Å². The number of nitrogens with zero attached hydrogens (tertiary/aromatic N) is 1. The monoisotopic (exact) mass is 288 g/mol. The number of hydrogen-bond donors (Lipinski definition) is 1. The van der Waals surface area contributed by atoms with Gasteiger partial charge in [0.05, 0.1) is 5.69 Å². The van der Waals surface area contributed by atoms with Crippen LogP contribution < -0.4 is 10.1 Å². The fourth-order valence-corrected chi connectivity index (χ4v) is 2.18. The Hall–Kier alpha value is -1.81. The average Bonchev–Trinajstić information content (AvgIpc) is 2.83. The van der Waals surface area contributed by atoms with E-state index >= 15 is 0 Å². The van der Waals surface area contributed by atoms with Crippen LogP contribution in [0.2, 0.25) is 0 Å². The SMILES string of the molecule is Cc1cc(COc2c(C)cccc2CNCC(C)C)on1. The first-order chi connectivity index (χ1) is 10.1. The maximum atomic E-state index is 5.95. The molecular weight excluding hydrogens is 264 g/mol. The van der Waals surface area contributed by atoms with Crippen LogP contribution in [0.1, 0.15) is 36.4 Å². The van der Waals surface area contributed by atoms with Crippen LogP contribution in [-0.2, 0) is 13.2 Å². The van der Waals surface area contributed by atoms with E-state index in [2.05, 4.69) is 49.4 Å². The van der Waals surface area contributed by atoms with Gasteiger partial charge in [-0.15, -0.1) is 0 Å². The topological polar surface area (TPSA) is 47.3 Å². The van der Waals surface area contributed by atoms with Gasteiger partial charge in [0.1, 0.15) is 12.4 Å². The van der Waals surface area contributed by atoms with Crippen LogP contribution in [0.4, 0.5) is 0 Å². The Bertz CT molecular complexity index is 576. The molecule has 0 aliphatic heterocycles. The molecule has 0 fully saturated rings. The summed E-state index contributed by atoms with van der Waals surface area (Å²) in [6.45, 7) is 10.6. The summed E-state index contributed by atoms with van der Waals surface area (Å²) in [6, 6.07) is 8.12. The summed E-state index contributed by atoms with van der Waals surface area (Å²) >= 11 is 0. The van der Waals surface area contributed by atoms with Crippen LogP contribution in [0.5, 0.6) is 5.75 Å². The molecule has 0 bridgehead atoms. The van der Waals surface area contributed by atoms with Gasteiger partial charge in [-0.05, 0) is 31.9 Å². The first kappa shape index (κ1) is 15.6. The number of aryl methyl sites for hydroxylation is 2. The van der Waals surface area contributed by atoms with Gasteiger partial charge in [-0.2, -0.15) is 0 Å². The number of rotatable bonds is 7. The molecule has 4 heteroatoms. The highest BCUT2D eigenvalue weighted by molar-refractivity contribution is 5.40. The van der Waals surface area contributed by atoms with Crippen molar-refractivity contribution in [1.29, 1.82) is 0 Å². The summed E-state index contributed by atoms with van der Waals surface area (Å²) < 4.78 is 11.1. The quantitative estimate of drug-likeness (QED) is 0.845. The molecule has 2 aromatic rings. The third-order valence-corrected chi connectivity index (χ3v) is 3.20. The standard InChI is InChI=1S/C17H24N2O2/c1-12(2)9-18-10-15-7-5-6-13(3)17(15)20-11-16-8-14(4)19-21-16/h5-8,12,18H,9-11H2,1-4H3. The second-order valence-corrected chi connectivity index (χ2v) is 5.81. The van der Waals surface area contributed by atoms with Crippen molar-refractivity contribution in [1.82, 2.24) is 10.5 Å². The Morgan fingerprint density at radius 1 is 1.29 bits per heavy atom. The van der Waals surface area contributed by atoms with Gasteiger partial charge < -0.3 is 14.6 Å². The average molecular weight is 288 g/mol. The van der Waals surface area contributed by atoms with Crippen molar-refractivity contribution in [2.45, 2.75) is 40.8 Å². The smallest absolute Gasteiger partial charge is 0.174 e. The van der Waals surface area contributed by atoms with Gasteiger partial charge in [0.2, 0.25) is 0 Å². The number of nitrogens with one attached hydrogen (secondary N) is 1. The molecule has 21 heavy (non-hydrogen) atoms. The van der Waals surface area contributed by atoms with Gasteiger partial charge >= 0.3 is 0 Å².